The van der Waals surface area contributed by atoms with E-state index in [2.05, 4.69) is 6.92 Å². The summed E-state index contributed by atoms with van der Waals surface area (Å²) in [5.41, 5.74) is 3.39. The van der Waals surface area contributed by atoms with Gasteiger partial charge in [-0.25, -0.2) is 0 Å². The third-order valence-electron chi connectivity index (χ3n) is 3.50. The largest absolute Gasteiger partial charge is 0.481 e. The Labute approximate surface area is 101 Å². The number of aryl methyl sites for hydroxylation is 2. The van der Waals surface area contributed by atoms with Gasteiger partial charge in [-0.1, -0.05) is 18.2 Å². The Morgan fingerprint density at radius 1 is 1.35 bits per heavy atom. The molecule has 92 valence electrons. The molecule has 0 aromatic heterocycles. The number of hydrogen-bond donors (Lipinski definition) is 1. The molecule has 1 fully saturated rings. The van der Waals surface area contributed by atoms with E-state index < -0.39 is 11.9 Å². The van der Waals surface area contributed by atoms with Crippen molar-refractivity contribution in [1.82, 2.24) is 0 Å². The first-order valence-electron chi connectivity index (χ1n) is 6.01. The van der Waals surface area contributed by atoms with Gasteiger partial charge in [-0.3, -0.25) is 4.79 Å². The number of aliphatic carboxylic acids is 1. The minimum Gasteiger partial charge on any atom is -0.481 e. The molecule has 0 bridgehead atoms. The van der Waals surface area contributed by atoms with Crippen LogP contribution in [0.2, 0.25) is 0 Å². The molecule has 0 aliphatic carbocycles. The third-order valence-corrected chi connectivity index (χ3v) is 3.50. The summed E-state index contributed by atoms with van der Waals surface area (Å²) >= 11 is 0. The fourth-order valence-electron chi connectivity index (χ4n) is 2.30. The van der Waals surface area contributed by atoms with Crippen molar-refractivity contribution in [2.24, 2.45) is 5.92 Å². The quantitative estimate of drug-likeness (QED) is 0.855. The first kappa shape index (κ1) is 12.1. The number of ether oxygens (including phenoxy) is 1. The Hall–Kier alpha value is -1.35. The van der Waals surface area contributed by atoms with Gasteiger partial charge in [0, 0.05) is 6.61 Å². The van der Waals surface area contributed by atoms with E-state index in [9.17, 15) is 9.90 Å². The fraction of sp³-hybridized carbons (Fsp3) is 0.500. The molecule has 3 heteroatoms. The fourth-order valence-corrected chi connectivity index (χ4v) is 2.30. The average molecular weight is 234 g/mol. The Balaban J connectivity index is 2.29. The van der Waals surface area contributed by atoms with Crippen LogP contribution < -0.4 is 0 Å². The molecule has 17 heavy (non-hydrogen) atoms. The molecule has 1 aromatic rings. The molecule has 3 nitrogen and oxygen atoms in total. The first-order chi connectivity index (χ1) is 8.09. The van der Waals surface area contributed by atoms with Crippen LogP contribution in [0.3, 0.4) is 0 Å². The van der Waals surface area contributed by atoms with Crippen LogP contribution in [0.1, 0.15) is 35.6 Å². The normalized spacial score (nSPS) is 24.6. The van der Waals surface area contributed by atoms with E-state index in [1.807, 2.05) is 25.1 Å². The molecule has 1 aliphatic rings. The number of rotatable bonds is 2. The summed E-state index contributed by atoms with van der Waals surface area (Å²) in [6.07, 6.45) is 1.24. The molecule has 2 rings (SSSR count). The van der Waals surface area contributed by atoms with Gasteiger partial charge in [0.25, 0.3) is 0 Å². The van der Waals surface area contributed by atoms with Gasteiger partial charge in [0.2, 0.25) is 0 Å². The highest BCUT2D eigenvalue weighted by molar-refractivity contribution is 5.71. The zero-order valence-electron chi connectivity index (χ0n) is 10.3. The van der Waals surface area contributed by atoms with E-state index >= 15 is 0 Å². The van der Waals surface area contributed by atoms with Crippen molar-refractivity contribution >= 4 is 5.97 Å². The second kappa shape index (κ2) is 4.88. The number of carboxylic acid groups (broad SMARTS) is 1. The van der Waals surface area contributed by atoms with Crippen molar-refractivity contribution in [3.8, 4) is 0 Å². The van der Waals surface area contributed by atoms with Crippen molar-refractivity contribution in [1.29, 1.82) is 0 Å². The van der Waals surface area contributed by atoms with Gasteiger partial charge in [-0.15, -0.1) is 0 Å². The monoisotopic (exact) mass is 234 g/mol. The molecule has 0 spiro atoms. The number of hydrogen-bond acceptors (Lipinski definition) is 2. The Morgan fingerprint density at radius 3 is 2.76 bits per heavy atom. The van der Waals surface area contributed by atoms with Crippen molar-refractivity contribution in [2.45, 2.75) is 32.8 Å². The van der Waals surface area contributed by atoms with Gasteiger partial charge >= 0.3 is 5.97 Å². The highest BCUT2D eigenvalue weighted by Gasteiger charge is 2.32. The zero-order chi connectivity index (χ0) is 12.4. The van der Waals surface area contributed by atoms with Crippen LogP contribution in [0, 0.1) is 19.8 Å². The average Bonchev–Trinajstić information content (AvgIpc) is 2.32. The van der Waals surface area contributed by atoms with Crippen molar-refractivity contribution in [3.05, 3.63) is 34.9 Å². The summed E-state index contributed by atoms with van der Waals surface area (Å²) in [7, 11) is 0. The van der Waals surface area contributed by atoms with Gasteiger partial charge in [-0.05, 0) is 43.4 Å². The van der Waals surface area contributed by atoms with Gasteiger partial charge < -0.3 is 9.84 Å². The zero-order valence-corrected chi connectivity index (χ0v) is 10.3. The summed E-state index contributed by atoms with van der Waals surface area (Å²) in [5.74, 6) is -1.17. The predicted octanol–water partition coefficient (Wildman–Crippen LogP) is 2.86. The van der Waals surface area contributed by atoms with E-state index in [1.165, 1.54) is 11.1 Å². The Morgan fingerprint density at radius 2 is 2.12 bits per heavy atom. The molecule has 1 saturated heterocycles. The van der Waals surface area contributed by atoms with Crippen LogP contribution in [-0.2, 0) is 9.53 Å². The first-order valence-corrected chi connectivity index (χ1v) is 6.01. The highest BCUT2D eigenvalue weighted by Crippen LogP contribution is 2.34. The minimum absolute atomic E-state index is 0.291. The third kappa shape index (κ3) is 2.50. The van der Waals surface area contributed by atoms with Crippen LogP contribution in [0.15, 0.2) is 18.2 Å². The summed E-state index contributed by atoms with van der Waals surface area (Å²) in [5, 5.41) is 9.21. The lowest BCUT2D eigenvalue weighted by atomic mass is 9.88. The van der Waals surface area contributed by atoms with Crippen LogP contribution in [0.5, 0.6) is 0 Å². The maximum absolute atomic E-state index is 11.2. The number of benzene rings is 1. The molecule has 1 N–H and O–H groups in total. The van der Waals surface area contributed by atoms with E-state index in [-0.39, 0.29) is 6.10 Å². The SMILES string of the molecule is Cc1ccc(C2OCCCC2C(=O)O)cc1C. The van der Waals surface area contributed by atoms with Crippen LogP contribution in [0.25, 0.3) is 0 Å². The van der Waals surface area contributed by atoms with Gasteiger partial charge in [0.15, 0.2) is 0 Å². The van der Waals surface area contributed by atoms with Crippen molar-refractivity contribution in [3.63, 3.8) is 0 Å². The highest BCUT2D eigenvalue weighted by atomic mass is 16.5. The molecular formula is C14H18O3. The molecular weight excluding hydrogens is 216 g/mol. The lowest BCUT2D eigenvalue weighted by Gasteiger charge is -2.29. The lowest BCUT2D eigenvalue weighted by molar-refractivity contribution is -0.151. The Kier molecular flexibility index (Phi) is 3.48. The van der Waals surface area contributed by atoms with E-state index in [1.54, 1.807) is 0 Å². The van der Waals surface area contributed by atoms with Gasteiger partial charge in [-0.2, -0.15) is 0 Å². The molecule has 0 radical (unpaired) electrons. The second-order valence-electron chi connectivity index (χ2n) is 4.72. The van der Waals surface area contributed by atoms with E-state index in [0.29, 0.717) is 13.0 Å². The number of carboxylic acids is 1. The topological polar surface area (TPSA) is 46.5 Å². The lowest BCUT2D eigenvalue weighted by Crippen LogP contribution is -2.28. The summed E-state index contributed by atoms with van der Waals surface area (Å²) in [6.45, 7) is 4.74. The molecule has 0 saturated carbocycles. The van der Waals surface area contributed by atoms with Crippen LogP contribution in [-0.4, -0.2) is 17.7 Å². The van der Waals surface area contributed by atoms with Crippen molar-refractivity contribution < 1.29 is 14.6 Å². The second-order valence-corrected chi connectivity index (χ2v) is 4.72. The molecule has 1 aromatic carbocycles. The molecule has 1 aliphatic heterocycles. The van der Waals surface area contributed by atoms with E-state index in [4.69, 9.17) is 4.74 Å². The minimum atomic E-state index is -0.757. The summed E-state index contributed by atoms with van der Waals surface area (Å²) in [6, 6.07) is 6.05. The summed E-state index contributed by atoms with van der Waals surface area (Å²) < 4.78 is 5.65. The van der Waals surface area contributed by atoms with Gasteiger partial charge in [0.05, 0.1) is 12.0 Å². The Bertz CT molecular complexity index is 425. The standard InChI is InChI=1S/C14H18O3/c1-9-5-6-11(8-10(9)2)13-12(14(15)16)4-3-7-17-13/h5-6,8,12-13H,3-4,7H2,1-2H3,(H,15,16). The number of carbonyl (C=O) groups is 1. The van der Waals surface area contributed by atoms with Gasteiger partial charge in [0.1, 0.15) is 0 Å². The molecule has 2 unspecified atom stereocenters. The smallest absolute Gasteiger partial charge is 0.309 e. The molecule has 1 heterocycles. The summed E-state index contributed by atoms with van der Waals surface area (Å²) in [4.78, 5) is 11.2. The molecule has 0 amide bonds. The predicted molar refractivity (Wildman–Crippen MR) is 65.0 cm³/mol. The maximum atomic E-state index is 11.2. The maximum Gasteiger partial charge on any atom is 0.309 e. The molecule has 2 atom stereocenters. The van der Waals surface area contributed by atoms with Crippen molar-refractivity contribution in [2.75, 3.05) is 6.61 Å². The van der Waals surface area contributed by atoms with Crippen LogP contribution in [0.4, 0.5) is 0 Å². The van der Waals surface area contributed by atoms with E-state index in [0.717, 1.165) is 12.0 Å². The van der Waals surface area contributed by atoms with Crippen LogP contribution >= 0.6 is 0 Å².